The van der Waals surface area contributed by atoms with E-state index in [4.69, 9.17) is 0 Å². The third kappa shape index (κ3) is 2.91. The molecule has 0 radical (unpaired) electrons. The maximum atomic E-state index is 13.1. The quantitative estimate of drug-likeness (QED) is 0.937. The molecule has 0 fully saturated rings. The van der Waals surface area contributed by atoms with Crippen molar-refractivity contribution in [3.05, 3.63) is 47.0 Å². The molecule has 7 heteroatoms. The highest BCUT2D eigenvalue weighted by atomic mass is 32.2. The lowest BCUT2D eigenvalue weighted by Crippen LogP contribution is -2.25. The van der Waals surface area contributed by atoms with Crippen LogP contribution in [-0.2, 0) is 29.5 Å². The van der Waals surface area contributed by atoms with Crippen molar-refractivity contribution in [2.45, 2.75) is 44.2 Å². The summed E-state index contributed by atoms with van der Waals surface area (Å²) in [6, 6.07) is 3.67. The van der Waals surface area contributed by atoms with Crippen LogP contribution in [0.15, 0.2) is 29.3 Å². The maximum Gasteiger partial charge on any atom is 0.241 e. The molecular formula is C15H18FN3O2S. The Kier molecular flexibility index (Phi) is 4.01. The molecule has 0 aliphatic carbocycles. The molecule has 2 heterocycles. The average Bonchev–Trinajstić information content (AvgIpc) is 2.88. The molecule has 0 spiro atoms. The molecule has 1 aliphatic heterocycles. The zero-order valence-corrected chi connectivity index (χ0v) is 13.2. The Morgan fingerprint density at radius 1 is 1.36 bits per heavy atom. The van der Waals surface area contributed by atoms with E-state index in [2.05, 4.69) is 9.82 Å². The molecule has 22 heavy (non-hydrogen) atoms. The standard InChI is InChI=1S/C15H18FN3O2S/c1-11-8-13(16)5-6-15(11)22(20,21)18-10-12-9-17-19-7-3-2-4-14(12)19/h5-6,8-9,18H,2-4,7,10H2,1H3. The second-order valence-electron chi connectivity index (χ2n) is 5.53. The second-order valence-corrected chi connectivity index (χ2v) is 7.27. The van der Waals surface area contributed by atoms with Crippen LogP contribution in [0.1, 0.15) is 29.7 Å². The van der Waals surface area contributed by atoms with Gasteiger partial charge in [-0.3, -0.25) is 4.68 Å². The first-order valence-corrected chi connectivity index (χ1v) is 8.75. The number of rotatable bonds is 4. The zero-order chi connectivity index (χ0) is 15.7. The molecule has 5 nitrogen and oxygen atoms in total. The van der Waals surface area contributed by atoms with Gasteiger partial charge in [0.25, 0.3) is 0 Å². The second kappa shape index (κ2) is 5.81. The van der Waals surface area contributed by atoms with E-state index in [1.54, 1.807) is 13.1 Å². The minimum absolute atomic E-state index is 0.106. The molecule has 1 N–H and O–H groups in total. The van der Waals surface area contributed by atoms with Crippen molar-refractivity contribution in [3.63, 3.8) is 0 Å². The van der Waals surface area contributed by atoms with Gasteiger partial charge in [0.2, 0.25) is 10.0 Å². The number of nitrogens with zero attached hydrogens (tertiary/aromatic N) is 2. The fourth-order valence-electron chi connectivity index (χ4n) is 2.80. The predicted octanol–water partition coefficient (Wildman–Crippen LogP) is 2.15. The van der Waals surface area contributed by atoms with E-state index < -0.39 is 15.8 Å². The summed E-state index contributed by atoms with van der Waals surface area (Å²) in [5, 5.41) is 4.29. The Labute approximate surface area is 129 Å². The van der Waals surface area contributed by atoms with E-state index in [0.717, 1.165) is 43.1 Å². The minimum Gasteiger partial charge on any atom is -0.269 e. The van der Waals surface area contributed by atoms with Crippen LogP contribution in [-0.4, -0.2) is 18.2 Å². The topological polar surface area (TPSA) is 64.0 Å². The summed E-state index contributed by atoms with van der Waals surface area (Å²) in [6.45, 7) is 2.67. The Bertz CT molecular complexity index is 799. The third-order valence-corrected chi connectivity index (χ3v) is 5.51. The summed E-state index contributed by atoms with van der Waals surface area (Å²) >= 11 is 0. The monoisotopic (exact) mass is 323 g/mol. The van der Waals surface area contributed by atoms with Crippen molar-refractivity contribution >= 4 is 10.0 Å². The number of fused-ring (bicyclic) bond motifs is 1. The average molecular weight is 323 g/mol. The summed E-state index contributed by atoms with van der Waals surface area (Å²) in [5.41, 5.74) is 2.40. The Morgan fingerprint density at radius 2 is 2.18 bits per heavy atom. The Balaban J connectivity index is 1.79. The molecule has 2 aromatic rings. The van der Waals surface area contributed by atoms with Crippen LogP contribution >= 0.6 is 0 Å². The molecule has 0 bridgehead atoms. The fraction of sp³-hybridized carbons (Fsp3) is 0.400. The van der Waals surface area contributed by atoms with E-state index in [1.165, 1.54) is 12.1 Å². The Hall–Kier alpha value is -1.73. The molecule has 1 aromatic heterocycles. The normalized spacial score (nSPS) is 14.8. The summed E-state index contributed by atoms with van der Waals surface area (Å²) < 4.78 is 42.4. The Morgan fingerprint density at radius 3 is 2.95 bits per heavy atom. The fourth-order valence-corrected chi connectivity index (χ4v) is 4.03. The third-order valence-electron chi connectivity index (χ3n) is 3.95. The number of hydrogen-bond acceptors (Lipinski definition) is 3. The van der Waals surface area contributed by atoms with Gasteiger partial charge >= 0.3 is 0 Å². The lowest BCUT2D eigenvalue weighted by atomic mass is 10.1. The van der Waals surface area contributed by atoms with Crippen molar-refractivity contribution < 1.29 is 12.8 Å². The number of nitrogens with one attached hydrogen (secondary N) is 1. The van der Waals surface area contributed by atoms with Gasteiger partial charge in [-0.25, -0.2) is 17.5 Å². The molecule has 1 aromatic carbocycles. The van der Waals surface area contributed by atoms with E-state index >= 15 is 0 Å². The molecule has 3 rings (SSSR count). The van der Waals surface area contributed by atoms with Gasteiger partial charge in [0.1, 0.15) is 5.82 Å². The van der Waals surface area contributed by atoms with Crippen molar-refractivity contribution in [2.24, 2.45) is 0 Å². The maximum absolute atomic E-state index is 13.1. The van der Waals surface area contributed by atoms with Crippen LogP contribution in [0.5, 0.6) is 0 Å². The highest BCUT2D eigenvalue weighted by Gasteiger charge is 2.20. The van der Waals surface area contributed by atoms with Gasteiger partial charge in [-0.05, 0) is 49.9 Å². The molecule has 0 saturated heterocycles. The van der Waals surface area contributed by atoms with Crippen molar-refractivity contribution in [2.75, 3.05) is 0 Å². The summed E-state index contributed by atoms with van der Waals surface area (Å²) in [5.74, 6) is -0.442. The van der Waals surface area contributed by atoms with Crippen LogP contribution in [0, 0.1) is 12.7 Å². The highest BCUT2D eigenvalue weighted by Crippen LogP contribution is 2.20. The zero-order valence-electron chi connectivity index (χ0n) is 12.3. The molecular weight excluding hydrogens is 305 g/mol. The smallest absolute Gasteiger partial charge is 0.241 e. The first kappa shape index (κ1) is 15.2. The van der Waals surface area contributed by atoms with E-state index in [0.29, 0.717) is 5.56 Å². The van der Waals surface area contributed by atoms with Crippen molar-refractivity contribution in [3.8, 4) is 0 Å². The van der Waals surface area contributed by atoms with E-state index in [-0.39, 0.29) is 11.4 Å². The molecule has 0 atom stereocenters. The first-order valence-electron chi connectivity index (χ1n) is 7.27. The number of aromatic nitrogens is 2. The van der Waals surface area contributed by atoms with Crippen LogP contribution < -0.4 is 4.72 Å². The molecule has 0 unspecified atom stereocenters. The van der Waals surface area contributed by atoms with Crippen molar-refractivity contribution in [1.29, 1.82) is 0 Å². The van der Waals surface area contributed by atoms with Gasteiger partial charge in [-0.1, -0.05) is 0 Å². The lowest BCUT2D eigenvalue weighted by molar-refractivity contribution is 0.484. The summed E-state index contributed by atoms with van der Waals surface area (Å²) in [6.07, 6.45) is 4.85. The van der Waals surface area contributed by atoms with E-state index in [1.807, 2.05) is 4.68 Å². The summed E-state index contributed by atoms with van der Waals surface area (Å²) in [7, 11) is -3.66. The predicted molar refractivity (Wildman–Crippen MR) is 80.3 cm³/mol. The highest BCUT2D eigenvalue weighted by molar-refractivity contribution is 7.89. The number of hydrogen-bond donors (Lipinski definition) is 1. The molecule has 1 aliphatic rings. The van der Waals surface area contributed by atoms with Crippen LogP contribution in [0.4, 0.5) is 4.39 Å². The van der Waals surface area contributed by atoms with Crippen LogP contribution in [0.3, 0.4) is 0 Å². The van der Waals surface area contributed by atoms with Gasteiger partial charge in [-0.15, -0.1) is 0 Å². The number of sulfonamides is 1. The van der Waals surface area contributed by atoms with Gasteiger partial charge < -0.3 is 0 Å². The van der Waals surface area contributed by atoms with Crippen molar-refractivity contribution in [1.82, 2.24) is 14.5 Å². The van der Waals surface area contributed by atoms with Crippen LogP contribution in [0.25, 0.3) is 0 Å². The van der Waals surface area contributed by atoms with Gasteiger partial charge in [-0.2, -0.15) is 5.10 Å². The minimum atomic E-state index is -3.66. The molecule has 0 saturated carbocycles. The SMILES string of the molecule is Cc1cc(F)ccc1S(=O)(=O)NCc1cnn2c1CCCC2. The number of halogens is 1. The largest absolute Gasteiger partial charge is 0.269 e. The van der Waals surface area contributed by atoms with E-state index in [9.17, 15) is 12.8 Å². The first-order chi connectivity index (χ1) is 10.5. The van der Waals surface area contributed by atoms with Gasteiger partial charge in [0.05, 0.1) is 11.1 Å². The molecule has 0 amide bonds. The molecule has 118 valence electrons. The number of aryl methyl sites for hydroxylation is 2. The lowest BCUT2D eigenvalue weighted by Gasteiger charge is -2.15. The van der Waals surface area contributed by atoms with Gasteiger partial charge in [0.15, 0.2) is 0 Å². The number of benzene rings is 1. The van der Waals surface area contributed by atoms with Gasteiger partial charge in [0, 0.05) is 24.3 Å². The van der Waals surface area contributed by atoms with Crippen LogP contribution in [0.2, 0.25) is 0 Å². The summed E-state index contributed by atoms with van der Waals surface area (Å²) in [4.78, 5) is 0.106.